The maximum absolute atomic E-state index is 13.5. The van der Waals surface area contributed by atoms with Gasteiger partial charge in [0, 0.05) is 19.8 Å². The molecule has 0 aliphatic heterocycles. The number of sulfonamides is 1. The van der Waals surface area contributed by atoms with Crippen molar-refractivity contribution in [3.05, 3.63) is 54.0 Å². The summed E-state index contributed by atoms with van der Waals surface area (Å²) in [5, 5.41) is 2.73. The number of rotatable bonds is 6. The van der Waals surface area contributed by atoms with Gasteiger partial charge in [0.2, 0.25) is 10.0 Å². The summed E-state index contributed by atoms with van der Waals surface area (Å²) >= 11 is 0. The summed E-state index contributed by atoms with van der Waals surface area (Å²) in [6, 6.07) is 9.30. The highest BCUT2D eigenvalue weighted by Crippen LogP contribution is 2.17. The highest BCUT2D eigenvalue weighted by molar-refractivity contribution is 7.89. The zero-order valence-electron chi connectivity index (χ0n) is 11.5. The fraction of sp³-hybridized carbons (Fsp3) is 0.214. The molecular formula is C14H16FN3O2S. The van der Waals surface area contributed by atoms with E-state index in [9.17, 15) is 12.8 Å². The van der Waals surface area contributed by atoms with E-state index in [2.05, 4.69) is 15.0 Å². The molecule has 7 heteroatoms. The Morgan fingerprint density at radius 2 is 1.95 bits per heavy atom. The maximum atomic E-state index is 13.5. The molecule has 112 valence electrons. The van der Waals surface area contributed by atoms with Crippen molar-refractivity contribution < 1.29 is 12.8 Å². The summed E-state index contributed by atoms with van der Waals surface area (Å²) in [5.74, 6) is -0.0649. The standard InChI is InChI=1S/C14H16FN3O2S/c1-16-14-13(7-4-9-17-14)21(19,20)18-10-8-11-5-2-3-6-12(11)15/h2-7,9,18H,8,10H2,1H3,(H,16,17). The third-order valence-electron chi connectivity index (χ3n) is 2.94. The Hall–Kier alpha value is -1.99. The molecule has 0 aliphatic carbocycles. The average Bonchev–Trinajstić information content (AvgIpc) is 2.49. The van der Waals surface area contributed by atoms with Crippen LogP contribution in [0.2, 0.25) is 0 Å². The van der Waals surface area contributed by atoms with Gasteiger partial charge in [0.05, 0.1) is 0 Å². The molecule has 0 spiro atoms. The molecule has 21 heavy (non-hydrogen) atoms. The second-order valence-corrected chi connectivity index (χ2v) is 6.07. The summed E-state index contributed by atoms with van der Waals surface area (Å²) in [7, 11) is -2.09. The topological polar surface area (TPSA) is 71.1 Å². The van der Waals surface area contributed by atoms with Gasteiger partial charge in [0.15, 0.2) is 0 Å². The van der Waals surface area contributed by atoms with Gasteiger partial charge in [-0.1, -0.05) is 18.2 Å². The number of hydrogen-bond acceptors (Lipinski definition) is 4. The Morgan fingerprint density at radius 1 is 1.19 bits per heavy atom. The number of nitrogens with one attached hydrogen (secondary N) is 2. The van der Waals surface area contributed by atoms with Crippen molar-refractivity contribution in [2.24, 2.45) is 0 Å². The van der Waals surface area contributed by atoms with Crippen molar-refractivity contribution in [2.75, 3.05) is 18.9 Å². The number of benzene rings is 1. The van der Waals surface area contributed by atoms with Gasteiger partial charge >= 0.3 is 0 Å². The molecule has 0 aliphatic rings. The molecule has 0 saturated heterocycles. The van der Waals surface area contributed by atoms with Crippen LogP contribution < -0.4 is 10.0 Å². The van der Waals surface area contributed by atoms with Crippen molar-refractivity contribution >= 4 is 15.8 Å². The molecule has 0 bridgehead atoms. The minimum atomic E-state index is -3.68. The molecular weight excluding hydrogens is 293 g/mol. The number of nitrogens with zero attached hydrogens (tertiary/aromatic N) is 1. The van der Waals surface area contributed by atoms with E-state index in [0.717, 1.165) is 0 Å². The van der Waals surface area contributed by atoms with Crippen LogP contribution in [0.5, 0.6) is 0 Å². The van der Waals surface area contributed by atoms with Crippen molar-refractivity contribution in [3.63, 3.8) is 0 Å². The molecule has 2 aromatic rings. The Bertz CT molecular complexity index is 720. The van der Waals surface area contributed by atoms with E-state index in [4.69, 9.17) is 0 Å². The third kappa shape index (κ3) is 3.77. The molecule has 0 fully saturated rings. The lowest BCUT2D eigenvalue weighted by Crippen LogP contribution is -2.27. The number of aromatic nitrogens is 1. The van der Waals surface area contributed by atoms with Gasteiger partial charge in [0.25, 0.3) is 0 Å². The Kier molecular flexibility index (Phi) is 4.87. The van der Waals surface area contributed by atoms with Crippen LogP contribution in [0.1, 0.15) is 5.56 Å². The Morgan fingerprint density at radius 3 is 2.67 bits per heavy atom. The lowest BCUT2D eigenvalue weighted by atomic mass is 10.1. The minimum Gasteiger partial charge on any atom is -0.372 e. The Balaban J connectivity index is 2.07. The number of anilines is 1. The summed E-state index contributed by atoms with van der Waals surface area (Å²) in [5.41, 5.74) is 0.472. The molecule has 0 amide bonds. The second kappa shape index (κ2) is 6.64. The van der Waals surface area contributed by atoms with Crippen LogP contribution in [0, 0.1) is 5.82 Å². The van der Waals surface area contributed by atoms with Crippen LogP contribution in [0.15, 0.2) is 47.5 Å². The molecule has 0 saturated carbocycles. The molecule has 1 aromatic carbocycles. The fourth-order valence-corrected chi connectivity index (χ4v) is 3.09. The molecule has 2 rings (SSSR count). The van der Waals surface area contributed by atoms with E-state index in [1.807, 2.05) is 0 Å². The van der Waals surface area contributed by atoms with Crippen LogP contribution in [-0.2, 0) is 16.4 Å². The largest absolute Gasteiger partial charge is 0.372 e. The van der Waals surface area contributed by atoms with Crippen LogP contribution in [0.4, 0.5) is 10.2 Å². The van der Waals surface area contributed by atoms with Gasteiger partial charge in [-0.2, -0.15) is 0 Å². The molecule has 1 heterocycles. The van der Waals surface area contributed by atoms with Crippen LogP contribution in [0.25, 0.3) is 0 Å². The summed E-state index contributed by atoms with van der Waals surface area (Å²) in [6.45, 7) is 0.112. The van der Waals surface area contributed by atoms with Crippen LogP contribution in [0.3, 0.4) is 0 Å². The predicted octanol–water partition coefficient (Wildman–Crippen LogP) is 1.78. The SMILES string of the molecule is CNc1ncccc1S(=O)(=O)NCCc1ccccc1F. The highest BCUT2D eigenvalue weighted by atomic mass is 32.2. The molecule has 0 radical (unpaired) electrons. The van der Waals surface area contributed by atoms with Gasteiger partial charge in [-0.05, 0) is 30.2 Å². The first kappa shape index (κ1) is 15.4. The maximum Gasteiger partial charge on any atom is 0.244 e. The van der Waals surface area contributed by atoms with E-state index in [-0.39, 0.29) is 29.5 Å². The molecule has 0 unspecified atom stereocenters. The molecule has 0 atom stereocenters. The zero-order chi connectivity index (χ0) is 15.3. The first-order valence-corrected chi connectivity index (χ1v) is 7.89. The van der Waals surface area contributed by atoms with Gasteiger partial charge < -0.3 is 5.32 Å². The van der Waals surface area contributed by atoms with Crippen LogP contribution >= 0.6 is 0 Å². The van der Waals surface area contributed by atoms with Crippen molar-refractivity contribution in [1.29, 1.82) is 0 Å². The lowest BCUT2D eigenvalue weighted by Gasteiger charge is -2.10. The predicted molar refractivity (Wildman–Crippen MR) is 79.1 cm³/mol. The van der Waals surface area contributed by atoms with E-state index >= 15 is 0 Å². The van der Waals surface area contributed by atoms with Crippen molar-refractivity contribution in [2.45, 2.75) is 11.3 Å². The van der Waals surface area contributed by atoms with Gasteiger partial charge in [-0.3, -0.25) is 0 Å². The fourth-order valence-electron chi connectivity index (χ4n) is 1.89. The number of halogens is 1. The van der Waals surface area contributed by atoms with Crippen molar-refractivity contribution in [3.8, 4) is 0 Å². The Labute approximate surface area is 123 Å². The number of hydrogen-bond donors (Lipinski definition) is 2. The quantitative estimate of drug-likeness (QED) is 0.853. The third-order valence-corrected chi connectivity index (χ3v) is 4.43. The zero-order valence-corrected chi connectivity index (χ0v) is 12.3. The van der Waals surface area contributed by atoms with E-state index < -0.39 is 10.0 Å². The normalized spacial score (nSPS) is 11.3. The minimum absolute atomic E-state index is 0.0704. The summed E-state index contributed by atoms with van der Waals surface area (Å²) in [4.78, 5) is 4.02. The van der Waals surface area contributed by atoms with Crippen LogP contribution in [-0.4, -0.2) is 27.0 Å². The molecule has 2 N–H and O–H groups in total. The van der Waals surface area contributed by atoms with Gasteiger partial charge in [0.1, 0.15) is 16.5 Å². The molecule has 1 aromatic heterocycles. The van der Waals surface area contributed by atoms with E-state index in [1.54, 1.807) is 31.3 Å². The van der Waals surface area contributed by atoms with Gasteiger partial charge in [-0.25, -0.2) is 22.5 Å². The summed E-state index contributed by atoms with van der Waals surface area (Å²) in [6.07, 6.45) is 1.78. The molecule has 5 nitrogen and oxygen atoms in total. The highest BCUT2D eigenvalue weighted by Gasteiger charge is 2.18. The lowest BCUT2D eigenvalue weighted by molar-refractivity contribution is 0.577. The van der Waals surface area contributed by atoms with E-state index in [0.29, 0.717) is 5.56 Å². The number of pyridine rings is 1. The van der Waals surface area contributed by atoms with Gasteiger partial charge in [-0.15, -0.1) is 0 Å². The first-order chi connectivity index (χ1) is 10.0. The monoisotopic (exact) mass is 309 g/mol. The average molecular weight is 309 g/mol. The summed E-state index contributed by atoms with van der Waals surface area (Å²) < 4.78 is 40.3. The smallest absolute Gasteiger partial charge is 0.244 e. The van der Waals surface area contributed by atoms with E-state index in [1.165, 1.54) is 18.3 Å². The van der Waals surface area contributed by atoms with Crippen molar-refractivity contribution in [1.82, 2.24) is 9.71 Å². The first-order valence-electron chi connectivity index (χ1n) is 6.40. The second-order valence-electron chi connectivity index (χ2n) is 4.34.